The van der Waals surface area contributed by atoms with Crippen LogP contribution in [-0.4, -0.2) is 10.1 Å². The molecule has 0 aliphatic carbocycles. The van der Waals surface area contributed by atoms with E-state index in [4.69, 9.17) is 21.9 Å². The minimum absolute atomic E-state index is 0.401. The lowest BCUT2D eigenvalue weighted by Gasteiger charge is -2.10. The zero-order valence-electron chi connectivity index (χ0n) is 9.37. The lowest BCUT2D eigenvalue weighted by Crippen LogP contribution is -2.28. The van der Waals surface area contributed by atoms with E-state index in [1.54, 1.807) is 6.07 Å². The first-order valence-electron chi connectivity index (χ1n) is 4.96. The SMILES string of the molecule is CC(C)(N)c1nc(-c2ccc(Cl)c(Br)c2)no1. The van der Waals surface area contributed by atoms with Gasteiger partial charge in [0.15, 0.2) is 0 Å². The Morgan fingerprint density at radius 1 is 1.41 bits per heavy atom. The normalized spacial score (nSPS) is 11.8. The highest BCUT2D eigenvalue weighted by Crippen LogP contribution is 2.28. The molecule has 1 aromatic heterocycles. The van der Waals surface area contributed by atoms with Gasteiger partial charge < -0.3 is 10.3 Å². The number of aromatic nitrogens is 2. The molecule has 0 aliphatic heterocycles. The van der Waals surface area contributed by atoms with Crippen molar-refractivity contribution < 1.29 is 4.52 Å². The number of rotatable bonds is 2. The molecule has 2 aromatic rings. The summed E-state index contributed by atoms with van der Waals surface area (Å²) in [5.74, 6) is 0.898. The summed E-state index contributed by atoms with van der Waals surface area (Å²) in [5, 5.41) is 4.53. The molecule has 0 aliphatic rings. The molecule has 0 bridgehead atoms. The molecule has 0 spiro atoms. The summed E-state index contributed by atoms with van der Waals surface area (Å²) in [7, 11) is 0. The van der Waals surface area contributed by atoms with E-state index in [1.807, 2.05) is 26.0 Å². The number of hydrogen-bond acceptors (Lipinski definition) is 4. The van der Waals surface area contributed by atoms with Crippen LogP contribution < -0.4 is 5.73 Å². The van der Waals surface area contributed by atoms with Gasteiger partial charge in [-0.2, -0.15) is 4.98 Å². The monoisotopic (exact) mass is 315 g/mol. The molecule has 0 amide bonds. The third-order valence-corrected chi connectivity index (χ3v) is 3.37. The van der Waals surface area contributed by atoms with Crippen molar-refractivity contribution in [1.82, 2.24) is 10.1 Å². The lowest BCUT2D eigenvalue weighted by molar-refractivity contribution is 0.312. The standard InChI is InChI=1S/C11H11BrClN3O/c1-11(2,14)10-15-9(16-17-10)6-3-4-8(13)7(12)5-6/h3-5H,14H2,1-2H3. The van der Waals surface area contributed by atoms with E-state index in [0.29, 0.717) is 16.7 Å². The first-order valence-corrected chi connectivity index (χ1v) is 6.13. The van der Waals surface area contributed by atoms with Crippen LogP contribution in [0.4, 0.5) is 0 Å². The molecule has 4 nitrogen and oxygen atoms in total. The number of nitrogens with two attached hydrogens (primary N) is 1. The summed E-state index contributed by atoms with van der Waals surface area (Å²) in [6.07, 6.45) is 0. The van der Waals surface area contributed by atoms with Crippen molar-refractivity contribution in [3.8, 4) is 11.4 Å². The fourth-order valence-electron chi connectivity index (χ4n) is 1.24. The fourth-order valence-corrected chi connectivity index (χ4v) is 1.73. The molecule has 2 rings (SSSR count). The molecule has 2 N–H and O–H groups in total. The highest BCUT2D eigenvalue weighted by Gasteiger charge is 2.22. The van der Waals surface area contributed by atoms with Crippen LogP contribution >= 0.6 is 27.5 Å². The zero-order chi connectivity index (χ0) is 12.6. The Morgan fingerprint density at radius 3 is 2.65 bits per heavy atom. The minimum Gasteiger partial charge on any atom is -0.337 e. The summed E-state index contributed by atoms with van der Waals surface area (Å²) < 4.78 is 5.91. The van der Waals surface area contributed by atoms with E-state index < -0.39 is 5.54 Å². The summed E-state index contributed by atoms with van der Waals surface area (Å²) in [6, 6.07) is 5.43. The average Bonchev–Trinajstić information content (AvgIpc) is 2.70. The Labute approximate surface area is 112 Å². The van der Waals surface area contributed by atoms with Crippen molar-refractivity contribution in [3.05, 3.63) is 33.6 Å². The van der Waals surface area contributed by atoms with Gasteiger partial charge in [-0.3, -0.25) is 0 Å². The average molecular weight is 317 g/mol. The molecule has 90 valence electrons. The van der Waals surface area contributed by atoms with Crippen LogP contribution in [0.2, 0.25) is 5.02 Å². The Bertz CT molecular complexity index is 548. The predicted molar refractivity (Wildman–Crippen MR) is 69.7 cm³/mol. The molecule has 1 heterocycles. The van der Waals surface area contributed by atoms with Gasteiger partial charge in [-0.1, -0.05) is 16.8 Å². The van der Waals surface area contributed by atoms with Crippen LogP contribution in [-0.2, 0) is 5.54 Å². The van der Waals surface area contributed by atoms with Crippen LogP contribution in [0.15, 0.2) is 27.2 Å². The lowest BCUT2D eigenvalue weighted by atomic mass is 10.1. The van der Waals surface area contributed by atoms with Gasteiger partial charge >= 0.3 is 0 Å². The van der Waals surface area contributed by atoms with Crippen LogP contribution in [0.3, 0.4) is 0 Å². The van der Waals surface area contributed by atoms with Gasteiger partial charge in [-0.05, 0) is 48.0 Å². The second-order valence-electron chi connectivity index (χ2n) is 4.27. The molecule has 0 unspecified atom stereocenters. The maximum Gasteiger partial charge on any atom is 0.246 e. The first kappa shape index (κ1) is 12.5. The maximum atomic E-state index is 5.91. The third kappa shape index (κ3) is 2.68. The van der Waals surface area contributed by atoms with Crippen LogP contribution in [0.25, 0.3) is 11.4 Å². The Balaban J connectivity index is 2.40. The Morgan fingerprint density at radius 2 is 2.12 bits per heavy atom. The van der Waals surface area contributed by atoms with Gasteiger partial charge in [-0.25, -0.2) is 0 Å². The van der Waals surface area contributed by atoms with Crippen LogP contribution in [0.1, 0.15) is 19.7 Å². The minimum atomic E-state index is -0.644. The summed E-state index contributed by atoms with van der Waals surface area (Å²) in [6.45, 7) is 3.62. The van der Waals surface area contributed by atoms with Crippen molar-refractivity contribution in [2.45, 2.75) is 19.4 Å². The van der Waals surface area contributed by atoms with E-state index in [1.165, 1.54) is 0 Å². The van der Waals surface area contributed by atoms with Crippen LogP contribution in [0.5, 0.6) is 0 Å². The number of hydrogen-bond donors (Lipinski definition) is 1. The first-order chi connectivity index (χ1) is 7.88. The van der Waals surface area contributed by atoms with Gasteiger partial charge in [-0.15, -0.1) is 0 Å². The topological polar surface area (TPSA) is 64.9 Å². The number of halogens is 2. The maximum absolute atomic E-state index is 5.91. The second kappa shape index (κ2) is 4.40. The molecular formula is C11H11BrClN3O. The van der Waals surface area contributed by atoms with Crippen molar-refractivity contribution in [2.75, 3.05) is 0 Å². The van der Waals surface area contributed by atoms with E-state index in [2.05, 4.69) is 26.1 Å². The molecule has 0 saturated heterocycles. The highest BCUT2D eigenvalue weighted by molar-refractivity contribution is 9.10. The Kier molecular flexibility index (Phi) is 3.25. The largest absolute Gasteiger partial charge is 0.337 e. The van der Waals surface area contributed by atoms with Crippen LogP contribution in [0, 0.1) is 0 Å². The smallest absolute Gasteiger partial charge is 0.246 e. The van der Waals surface area contributed by atoms with E-state index in [0.717, 1.165) is 10.0 Å². The van der Waals surface area contributed by atoms with Crippen molar-refractivity contribution in [2.24, 2.45) is 5.73 Å². The van der Waals surface area contributed by atoms with Gasteiger partial charge in [0, 0.05) is 10.0 Å². The molecule has 17 heavy (non-hydrogen) atoms. The Hall–Kier alpha value is -0.910. The van der Waals surface area contributed by atoms with Crippen molar-refractivity contribution >= 4 is 27.5 Å². The quantitative estimate of drug-likeness (QED) is 0.923. The number of nitrogens with zero attached hydrogens (tertiary/aromatic N) is 2. The second-order valence-corrected chi connectivity index (χ2v) is 5.54. The number of benzene rings is 1. The molecule has 6 heteroatoms. The summed E-state index contributed by atoms with van der Waals surface area (Å²) in [4.78, 5) is 4.26. The summed E-state index contributed by atoms with van der Waals surface area (Å²) in [5.41, 5.74) is 6.05. The summed E-state index contributed by atoms with van der Waals surface area (Å²) >= 11 is 9.26. The molecular weight excluding hydrogens is 305 g/mol. The molecule has 0 radical (unpaired) electrons. The molecule has 0 fully saturated rings. The third-order valence-electron chi connectivity index (χ3n) is 2.16. The zero-order valence-corrected chi connectivity index (χ0v) is 11.7. The van der Waals surface area contributed by atoms with E-state index in [-0.39, 0.29) is 0 Å². The predicted octanol–water partition coefficient (Wildman–Crippen LogP) is 3.35. The van der Waals surface area contributed by atoms with E-state index in [9.17, 15) is 0 Å². The van der Waals surface area contributed by atoms with Gasteiger partial charge in [0.25, 0.3) is 0 Å². The molecule has 1 aromatic carbocycles. The van der Waals surface area contributed by atoms with Gasteiger partial charge in [0.05, 0.1) is 10.6 Å². The fraction of sp³-hybridized carbons (Fsp3) is 0.273. The van der Waals surface area contributed by atoms with Crippen molar-refractivity contribution in [3.63, 3.8) is 0 Å². The van der Waals surface area contributed by atoms with Crippen molar-refractivity contribution in [1.29, 1.82) is 0 Å². The molecule has 0 atom stereocenters. The molecule has 0 saturated carbocycles. The highest BCUT2D eigenvalue weighted by atomic mass is 79.9. The van der Waals surface area contributed by atoms with E-state index >= 15 is 0 Å². The van der Waals surface area contributed by atoms with Gasteiger partial charge in [0.1, 0.15) is 0 Å². The van der Waals surface area contributed by atoms with Gasteiger partial charge in [0.2, 0.25) is 11.7 Å².